The van der Waals surface area contributed by atoms with Crippen molar-refractivity contribution < 1.29 is 4.79 Å². The Morgan fingerprint density at radius 2 is 2.00 bits per heavy atom. The summed E-state index contributed by atoms with van der Waals surface area (Å²) in [5.74, 6) is 1.75. The van der Waals surface area contributed by atoms with Crippen LogP contribution >= 0.6 is 0 Å². The topological polar surface area (TPSA) is 45.2 Å². The van der Waals surface area contributed by atoms with Crippen molar-refractivity contribution in [1.29, 1.82) is 0 Å². The summed E-state index contributed by atoms with van der Waals surface area (Å²) in [6.45, 7) is 9.07. The molecule has 3 rings (SSSR count). The molecule has 0 aliphatic carbocycles. The number of nitrogens with zero attached hydrogens (tertiary/aromatic N) is 2. The molecule has 1 fully saturated rings. The highest BCUT2D eigenvalue weighted by Gasteiger charge is 2.16. The van der Waals surface area contributed by atoms with Crippen molar-refractivity contribution in [3.63, 3.8) is 0 Å². The fraction of sp³-hybridized carbons (Fsp3) is 0.391. The molecule has 1 aliphatic heterocycles. The van der Waals surface area contributed by atoms with Crippen LogP contribution in [0.25, 0.3) is 6.08 Å². The molecular weight excluding hydrogens is 334 g/mol. The summed E-state index contributed by atoms with van der Waals surface area (Å²) >= 11 is 0. The summed E-state index contributed by atoms with van der Waals surface area (Å²) < 4.78 is 0. The van der Waals surface area contributed by atoms with E-state index in [0.717, 1.165) is 36.0 Å². The minimum absolute atomic E-state index is 0.0935. The van der Waals surface area contributed by atoms with Crippen molar-refractivity contribution in [2.45, 2.75) is 40.2 Å². The molecule has 0 atom stereocenters. The summed E-state index contributed by atoms with van der Waals surface area (Å²) in [5, 5.41) is 2.93. The maximum Gasteiger partial charge on any atom is 0.244 e. The van der Waals surface area contributed by atoms with Crippen LogP contribution in [0.15, 0.2) is 42.6 Å². The van der Waals surface area contributed by atoms with Crippen LogP contribution in [0.5, 0.6) is 0 Å². The lowest BCUT2D eigenvalue weighted by atomic mass is 9.99. The van der Waals surface area contributed by atoms with E-state index in [1.807, 2.05) is 18.3 Å². The molecule has 4 heteroatoms. The number of piperidine rings is 1. The fourth-order valence-electron chi connectivity index (χ4n) is 3.37. The average Bonchev–Trinajstić information content (AvgIpc) is 2.67. The van der Waals surface area contributed by atoms with E-state index in [0.29, 0.717) is 6.54 Å². The number of aryl methyl sites for hydroxylation is 2. The zero-order valence-electron chi connectivity index (χ0n) is 16.5. The lowest BCUT2D eigenvalue weighted by Gasteiger charge is -2.31. The predicted octanol–water partition coefficient (Wildman–Crippen LogP) is 4.26. The van der Waals surface area contributed by atoms with E-state index >= 15 is 0 Å². The molecular formula is C23H29N3O. The summed E-state index contributed by atoms with van der Waals surface area (Å²) in [4.78, 5) is 19.0. The van der Waals surface area contributed by atoms with Crippen molar-refractivity contribution in [3.8, 4) is 0 Å². The second kappa shape index (κ2) is 8.85. The molecule has 2 heterocycles. The Morgan fingerprint density at radius 3 is 2.67 bits per heavy atom. The molecule has 1 aromatic heterocycles. The van der Waals surface area contributed by atoms with Crippen LogP contribution in [0.2, 0.25) is 0 Å². The lowest BCUT2D eigenvalue weighted by Crippen LogP contribution is -2.33. The molecule has 27 heavy (non-hydrogen) atoms. The SMILES string of the molecule is Cc1ccc(/C=C/C(=O)NCc2ccc(N3CCC(C)CC3)nc2)c(C)c1. The molecule has 4 nitrogen and oxygen atoms in total. The highest BCUT2D eigenvalue weighted by atomic mass is 16.1. The van der Waals surface area contributed by atoms with Gasteiger partial charge in [-0.1, -0.05) is 36.8 Å². The number of amides is 1. The van der Waals surface area contributed by atoms with E-state index in [1.54, 1.807) is 6.08 Å². The highest BCUT2D eigenvalue weighted by Crippen LogP contribution is 2.21. The van der Waals surface area contributed by atoms with Gasteiger partial charge >= 0.3 is 0 Å². The number of aromatic nitrogens is 1. The third-order valence-corrected chi connectivity index (χ3v) is 5.22. The molecule has 1 saturated heterocycles. The van der Waals surface area contributed by atoms with Gasteiger partial charge in [0.25, 0.3) is 0 Å². The van der Waals surface area contributed by atoms with Gasteiger partial charge in [-0.05, 0) is 61.4 Å². The second-order valence-electron chi connectivity index (χ2n) is 7.61. The number of nitrogens with one attached hydrogen (secondary N) is 1. The smallest absolute Gasteiger partial charge is 0.244 e. The van der Waals surface area contributed by atoms with Crippen LogP contribution < -0.4 is 10.2 Å². The normalized spacial score (nSPS) is 15.3. The quantitative estimate of drug-likeness (QED) is 0.807. The van der Waals surface area contributed by atoms with Gasteiger partial charge in [-0.15, -0.1) is 0 Å². The van der Waals surface area contributed by atoms with Gasteiger partial charge in [0.2, 0.25) is 5.91 Å². The number of carbonyl (C=O) groups excluding carboxylic acids is 1. The number of hydrogen-bond donors (Lipinski definition) is 1. The summed E-state index contributed by atoms with van der Waals surface area (Å²) in [6.07, 6.45) is 7.78. The minimum Gasteiger partial charge on any atom is -0.357 e. The third kappa shape index (κ3) is 5.43. The number of pyridine rings is 1. The van der Waals surface area contributed by atoms with Crippen LogP contribution in [0.3, 0.4) is 0 Å². The van der Waals surface area contributed by atoms with Gasteiger partial charge in [-0.2, -0.15) is 0 Å². The zero-order valence-corrected chi connectivity index (χ0v) is 16.5. The van der Waals surface area contributed by atoms with Gasteiger partial charge in [0.05, 0.1) is 0 Å². The first-order valence-corrected chi connectivity index (χ1v) is 9.74. The molecule has 142 valence electrons. The van der Waals surface area contributed by atoms with Crippen molar-refractivity contribution in [3.05, 3.63) is 64.9 Å². The maximum atomic E-state index is 12.1. The first kappa shape index (κ1) is 19.2. The largest absolute Gasteiger partial charge is 0.357 e. The predicted molar refractivity (Wildman–Crippen MR) is 112 cm³/mol. The molecule has 1 N–H and O–H groups in total. The maximum absolute atomic E-state index is 12.1. The van der Waals surface area contributed by atoms with Gasteiger partial charge in [0.1, 0.15) is 5.82 Å². The van der Waals surface area contributed by atoms with E-state index in [1.165, 1.54) is 24.0 Å². The Bertz CT molecular complexity index is 803. The Kier molecular flexibility index (Phi) is 6.28. The standard InChI is InChI=1S/C23H29N3O/c1-17-10-12-26(13-11-17)22-8-5-20(15-24-22)16-25-23(27)9-7-21-6-4-18(2)14-19(21)3/h4-9,14-15,17H,10-13,16H2,1-3H3,(H,25,27)/b9-7+. The number of benzene rings is 1. The summed E-state index contributed by atoms with van der Waals surface area (Å²) in [7, 11) is 0. The average molecular weight is 364 g/mol. The van der Waals surface area contributed by atoms with Gasteiger partial charge in [0, 0.05) is 31.9 Å². The molecule has 1 amide bonds. The Balaban J connectivity index is 1.50. The van der Waals surface area contributed by atoms with E-state index in [9.17, 15) is 4.79 Å². The Labute approximate surface area is 162 Å². The molecule has 0 saturated carbocycles. The number of hydrogen-bond acceptors (Lipinski definition) is 3. The van der Waals surface area contributed by atoms with E-state index in [-0.39, 0.29) is 5.91 Å². The first-order valence-electron chi connectivity index (χ1n) is 9.74. The highest BCUT2D eigenvalue weighted by molar-refractivity contribution is 5.91. The molecule has 0 radical (unpaired) electrons. The van der Waals surface area contributed by atoms with Crippen LogP contribution in [0, 0.1) is 19.8 Å². The minimum atomic E-state index is -0.0935. The molecule has 0 unspecified atom stereocenters. The molecule has 1 aliphatic rings. The van der Waals surface area contributed by atoms with Crippen LogP contribution in [0.1, 0.15) is 42.0 Å². The molecule has 0 bridgehead atoms. The van der Waals surface area contributed by atoms with Crippen molar-refractivity contribution in [2.24, 2.45) is 5.92 Å². The summed E-state index contributed by atoms with van der Waals surface area (Å²) in [5.41, 5.74) is 4.48. The Morgan fingerprint density at radius 1 is 1.22 bits per heavy atom. The van der Waals surface area contributed by atoms with Gasteiger partial charge < -0.3 is 10.2 Å². The molecule has 2 aromatic rings. The van der Waals surface area contributed by atoms with Crippen molar-refractivity contribution >= 4 is 17.8 Å². The van der Waals surface area contributed by atoms with E-state index in [2.05, 4.69) is 60.2 Å². The van der Waals surface area contributed by atoms with E-state index < -0.39 is 0 Å². The van der Waals surface area contributed by atoms with Gasteiger partial charge in [-0.3, -0.25) is 4.79 Å². The zero-order chi connectivity index (χ0) is 19.2. The molecule has 1 aromatic carbocycles. The summed E-state index contributed by atoms with van der Waals surface area (Å²) in [6, 6.07) is 10.3. The number of carbonyl (C=O) groups is 1. The monoisotopic (exact) mass is 363 g/mol. The number of rotatable bonds is 5. The second-order valence-corrected chi connectivity index (χ2v) is 7.61. The molecule has 0 spiro atoms. The van der Waals surface area contributed by atoms with Crippen LogP contribution in [0.4, 0.5) is 5.82 Å². The number of anilines is 1. The van der Waals surface area contributed by atoms with Crippen LogP contribution in [-0.4, -0.2) is 24.0 Å². The van der Waals surface area contributed by atoms with E-state index in [4.69, 9.17) is 0 Å². The van der Waals surface area contributed by atoms with Gasteiger partial charge in [0.15, 0.2) is 0 Å². The van der Waals surface area contributed by atoms with Crippen molar-refractivity contribution in [1.82, 2.24) is 10.3 Å². The third-order valence-electron chi connectivity index (χ3n) is 5.22. The lowest BCUT2D eigenvalue weighted by molar-refractivity contribution is -0.116. The van der Waals surface area contributed by atoms with Crippen molar-refractivity contribution in [2.75, 3.05) is 18.0 Å². The Hall–Kier alpha value is -2.62. The fourth-order valence-corrected chi connectivity index (χ4v) is 3.37. The van der Waals surface area contributed by atoms with Gasteiger partial charge in [-0.25, -0.2) is 4.98 Å². The van der Waals surface area contributed by atoms with Crippen LogP contribution in [-0.2, 0) is 11.3 Å². The first-order chi connectivity index (χ1) is 13.0.